The molecule has 21 heavy (non-hydrogen) atoms. The van der Waals surface area contributed by atoms with Crippen molar-refractivity contribution in [3.63, 3.8) is 0 Å². The van der Waals surface area contributed by atoms with Crippen molar-refractivity contribution in [2.45, 2.75) is 13.3 Å². The summed E-state index contributed by atoms with van der Waals surface area (Å²) in [6, 6.07) is 5.31. The molecule has 0 saturated carbocycles. The molecule has 5 nitrogen and oxygen atoms in total. The van der Waals surface area contributed by atoms with E-state index in [-0.39, 0.29) is 25.0 Å². The number of hydrogen-bond donors (Lipinski definition) is 2. The largest absolute Gasteiger partial charge is 0.395 e. The van der Waals surface area contributed by atoms with E-state index < -0.39 is 0 Å². The van der Waals surface area contributed by atoms with Crippen molar-refractivity contribution in [1.29, 1.82) is 0 Å². The van der Waals surface area contributed by atoms with E-state index in [1.165, 1.54) is 11.9 Å². The third-order valence-electron chi connectivity index (χ3n) is 3.03. The summed E-state index contributed by atoms with van der Waals surface area (Å²) >= 11 is 0. The molecule has 2 amide bonds. The van der Waals surface area contributed by atoms with Crippen molar-refractivity contribution in [1.82, 2.24) is 10.2 Å². The summed E-state index contributed by atoms with van der Waals surface area (Å²) in [5, 5.41) is 11.2. The molecule has 5 heteroatoms. The van der Waals surface area contributed by atoms with Crippen molar-refractivity contribution in [2.75, 3.05) is 27.2 Å². The van der Waals surface area contributed by atoms with E-state index in [0.29, 0.717) is 12.0 Å². The molecule has 0 aliphatic heterocycles. The van der Waals surface area contributed by atoms with Gasteiger partial charge in [-0.15, -0.1) is 0 Å². The van der Waals surface area contributed by atoms with Crippen molar-refractivity contribution in [2.24, 2.45) is 0 Å². The Morgan fingerprint density at radius 2 is 2.10 bits per heavy atom. The number of benzene rings is 1. The molecule has 1 aromatic rings. The topological polar surface area (TPSA) is 69.6 Å². The van der Waals surface area contributed by atoms with Gasteiger partial charge < -0.3 is 15.3 Å². The number of aliphatic hydroxyl groups excluding tert-OH is 1. The zero-order valence-electron chi connectivity index (χ0n) is 12.6. The van der Waals surface area contributed by atoms with Gasteiger partial charge in [0, 0.05) is 31.6 Å². The lowest BCUT2D eigenvalue weighted by atomic mass is 10.0. The molecule has 0 radical (unpaired) electrons. The number of amides is 2. The summed E-state index contributed by atoms with van der Waals surface area (Å²) in [5.74, 6) is 5.34. The molecule has 0 unspecified atom stereocenters. The molecule has 0 spiro atoms. The summed E-state index contributed by atoms with van der Waals surface area (Å²) in [6.07, 6.45) is 0.397. The number of rotatable bonds is 4. The number of aliphatic hydroxyl groups is 1. The Morgan fingerprint density at radius 3 is 2.71 bits per heavy atom. The molecule has 0 atom stereocenters. The van der Waals surface area contributed by atoms with Crippen molar-refractivity contribution in [3.05, 3.63) is 34.9 Å². The van der Waals surface area contributed by atoms with E-state index in [9.17, 15) is 9.59 Å². The highest BCUT2D eigenvalue weighted by molar-refractivity contribution is 5.98. The minimum Gasteiger partial charge on any atom is -0.395 e. The molecule has 112 valence electrons. The summed E-state index contributed by atoms with van der Waals surface area (Å²) in [6.45, 7) is 1.85. The number of nitrogens with one attached hydrogen (secondary N) is 1. The molecule has 2 N–H and O–H groups in total. The fourth-order valence-corrected chi connectivity index (χ4v) is 1.79. The van der Waals surface area contributed by atoms with E-state index in [1.807, 2.05) is 13.0 Å². The Hall–Kier alpha value is -2.32. The monoisotopic (exact) mass is 288 g/mol. The van der Waals surface area contributed by atoms with Crippen LogP contribution in [0.5, 0.6) is 0 Å². The third-order valence-corrected chi connectivity index (χ3v) is 3.03. The first-order valence-corrected chi connectivity index (χ1v) is 6.66. The fourth-order valence-electron chi connectivity index (χ4n) is 1.79. The molecule has 0 bridgehead atoms. The first kappa shape index (κ1) is 16.7. The van der Waals surface area contributed by atoms with Gasteiger partial charge in [0.25, 0.3) is 5.91 Å². The Bertz CT molecular complexity index is 585. The Balaban J connectivity index is 2.98. The average Bonchev–Trinajstić information content (AvgIpc) is 2.48. The number of likely N-dealkylation sites (N-methyl/N-ethyl adjacent to an activating group) is 2. The van der Waals surface area contributed by atoms with Crippen LogP contribution in [0, 0.1) is 18.8 Å². The van der Waals surface area contributed by atoms with Crippen LogP contribution < -0.4 is 5.32 Å². The maximum atomic E-state index is 12.4. The van der Waals surface area contributed by atoms with Gasteiger partial charge in [0.1, 0.15) is 0 Å². The van der Waals surface area contributed by atoms with Gasteiger partial charge in [-0.25, -0.2) is 0 Å². The van der Waals surface area contributed by atoms with E-state index in [2.05, 4.69) is 17.2 Å². The highest BCUT2D eigenvalue weighted by Crippen LogP contribution is 2.14. The van der Waals surface area contributed by atoms with Crippen LogP contribution in [0.15, 0.2) is 18.2 Å². The van der Waals surface area contributed by atoms with E-state index in [0.717, 1.165) is 11.1 Å². The zero-order valence-corrected chi connectivity index (χ0v) is 12.6. The predicted molar refractivity (Wildman–Crippen MR) is 80.8 cm³/mol. The average molecular weight is 288 g/mol. The van der Waals surface area contributed by atoms with Gasteiger partial charge in [-0.2, -0.15) is 0 Å². The van der Waals surface area contributed by atoms with Crippen LogP contribution in [0.4, 0.5) is 0 Å². The molecule has 1 rings (SSSR count). The second-order valence-corrected chi connectivity index (χ2v) is 4.59. The van der Waals surface area contributed by atoms with Crippen molar-refractivity contribution < 1.29 is 14.7 Å². The van der Waals surface area contributed by atoms with Gasteiger partial charge in [0.2, 0.25) is 5.91 Å². The molecule has 1 aromatic carbocycles. The van der Waals surface area contributed by atoms with Gasteiger partial charge in [-0.1, -0.05) is 17.9 Å². The second-order valence-electron chi connectivity index (χ2n) is 4.59. The van der Waals surface area contributed by atoms with Crippen LogP contribution in [0.2, 0.25) is 0 Å². The number of carbonyl (C=O) groups excluding carboxylic acids is 2. The molecule has 0 aromatic heterocycles. The lowest BCUT2D eigenvalue weighted by Gasteiger charge is -2.17. The third kappa shape index (κ3) is 4.62. The van der Waals surface area contributed by atoms with Crippen LogP contribution in [0.1, 0.15) is 27.9 Å². The number of hydrogen-bond acceptors (Lipinski definition) is 3. The van der Waals surface area contributed by atoms with Gasteiger partial charge in [-0.05, 0) is 24.6 Å². The summed E-state index contributed by atoms with van der Waals surface area (Å²) in [7, 11) is 3.12. The Kier molecular flexibility index (Phi) is 6.44. The van der Waals surface area contributed by atoms with E-state index in [1.54, 1.807) is 19.2 Å². The Labute approximate surface area is 125 Å². The zero-order chi connectivity index (χ0) is 15.8. The second kappa shape index (κ2) is 8.08. The van der Waals surface area contributed by atoms with Gasteiger partial charge in [0.05, 0.1) is 13.2 Å². The maximum absolute atomic E-state index is 12.4. The van der Waals surface area contributed by atoms with Crippen LogP contribution in [0.25, 0.3) is 0 Å². The van der Waals surface area contributed by atoms with E-state index >= 15 is 0 Å². The normalized spacial score (nSPS) is 9.52. The SMILES string of the molecule is CNC(=O)CN(C)C(=O)c1cccc(C#CCCO)c1C. The van der Waals surface area contributed by atoms with Crippen LogP contribution in [-0.2, 0) is 4.79 Å². The first-order valence-electron chi connectivity index (χ1n) is 6.66. The Morgan fingerprint density at radius 1 is 1.38 bits per heavy atom. The molecular formula is C16H20N2O3. The van der Waals surface area contributed by atoms with Gasteiger partial charge >= 0.3 is 0 Å². The number of nitrogens with zero attached hydrogens (tertiary/aromatic N) is 1. The van der Waals surface area contributed by atoms with Crippen LogP contribution >= 0.6 is 0 Å². The molecule has 0 aliphatic carbocycles. The van der Waals surface area contributed by atoms with Crippen molar-refractivity contribution in [3.8, 4) is 11.8 Å². The molecule has 0 saturated heterocycles. The lowest BCUT2D eigenvalue weighted by molar-refractivity contribution is -0.121. The summed E-state index contributed by atoms with van der Waals surface area (Å²) < 4.78 is 0. The lowest BCUT2D eigenvalue weighted by Crippen LogP contribution is -2.37. The highest BCUT2D eigenvalue weighted by Gasteiger charge is 2.17. The minimum atomic E-state index is -0.220. The minimum absolute atomic E-state index is 0.00912. The van der Waals surface area contributed by atoms with Crippen LogP contribution in [0.3, 0.4) is 0 Å². The predicted octanol–water partition coefficient (Wildman–Crippen LogP) is 0.547. The van der Waals surface area contributed by atoms with E-state index in [4.69, 9.17) is 5.11 Å². The van der Waals surface area contributed by atoms with Crippen molar-refractivity contribution >= 4 is 11.8 Å². The standard InChI is InChI=1S/C16H20N2O3/c1-12-13(7-4-5-10-19)8-6-9-14(12)16(21)18(3)11-15(20)17-2/h6,8-9,19H,5,10-11H2,1-3H3,(H,17,20). The van der Waals surface area contributed by atoms with Gasteiger partial charge in [0.15, 0.2) is 0 Å². The van der Waals surface area contributed by atoms with Gasteiger partial charge in [-0.3, -0.25) is 9.59 Å². The molecule has 0 aliphatic rings. The highest BCUT2D eigenvalue weighted by atomic mass is 16.2. The smallest absolute Gasteiger partial charge is 0.254 e. The number of carbonyl (C=O) groups is 2. The molecule has 0 heterocycles. The van der Waals surface area contributed by atoms with Crippen LogP contribution in [-0.4, -0.2) is 49.1 Å². The maximum Gasteiger partial charge on any atom is 0.254 e. The first-order chi connectivity index (χ1) is 10.0. The molecule has 0 fully saturated rings. The summed E-state index contributed by atoms with van der Waals surface area (Å²) in [5.41, 5.74) is 2.05. The quantitative estimate of drug-likeness (QED) is 0.795. The fraction of sp³-hybridized carbons (Fsp3) is 0.375. The summed E-state index contributed by atoms with van der Waals surface area (Å²) in [4.78, 5) is 25.1. The molecular weight excluding hydrogens is 268 g/mol.